The van der Waals surface area contributed by atoms with Crippen molar-refractivity contribution in [3.05, 3.63) is 57.2 Å². The molecule has 0 radical (unpaired) electrons. The minimum atomic E-state index is -0.152. The summed E-state index contributed by atoms with van der Waals surface area (Å²) in [6.45, 7) is 2.57. The molecule has 0 aliphatic carbocycles. The number of hydrogen-bond acceptors (Lipinski definition) is 3. The molecule has 2 aromatic rings. The molecule has 1 aliphatic heterocycles. The summed E-state index contributed by atoms with van der Waals surface area (Å²) < 4.78 is 0.730. The van der Waals surface area contributed by atoms with E-state index in [1.807, 2.05) is 6.07 Å². The van der Waals surface area contributed by atoms with E-state index in [9.17, 15) is 4.79 Å². The van der Waals surface area contributed by atoms with E-state index in [1.54, 1.807) is 24.4 Å². The molecule has 126 valence electrons. The van der Waals surface area contributed by atoms with Crippen LogP contribution in [0.3, 0.4) is 0 Å². The fourth-order valence-corrected chi connectivity index (χ4v) is 3.41. The zero-order valence-electron chi connectivity index (χ0n) is 13.3. The Morgan fingerprint density at radius 3 is 2.79 bits per heavy atom. The Hall–Kier alpha value is -1.59. The normalized spacial score (nSPS) is 14.5. The van der Waals surface area contributed by atoms with Crippen molar-refractivity contribution < 1.29 is 4.79 Å². The van der Waals surface area contributed by atoms with Crippen molar-refractivity contribution in [3.8, 4) is 0 Å². The van der Waals surface area contributed by atoms with E-state index in [0.717, 1.165) is 28.9 Å². The first-order valence-corrected chi connectivity index (χ1v) is 9.24. The van der Waals surface area contributed by atoms with E-state index in [2.05, 4.69) is 37.2 Å². The molecule has 1 N–H and O–H groups in total. The Kier molecular flexibility index (Phi) is 5.74. The van der Waals surface area contributed by atoms with Crippen molar-refractivity contribution in [2.75, 3.05) is 18.0 Å². The molecular weight excluding hydrogens is 390 g/mol. The Balaban J connectivity index is 1.66. The maximum atomic E-state index is 12.4. The smallest absolute Gasteiger partial charge is 0.252 e. The third-order valence-corrected chi connectivity index (χ3v) is 5.04. The number of pyridine rings is 1. The van der Waals surface area contributed by atoms with E-state index < -0.39 is 0 Å². The van der Waals surface area contributed by atoms with Gasteiger partial charge < -0.3 is 10.2 Å². The second-order valence-electron chi connectivity index (χ2n) is 5.88. The molecule has 1 aromatic carbocycles. The van der Waals surface area contributed by atoms with Crippen molar-refractivity contribution in [1.29, 1.82) is 0 Å². The SMILES string of the molecule is O=C(NCc1ccnc(N2CCCCC2)c1)c1cc(Cl)ccc1Br. The lowest BCUT2D eigenvalue weighted by molar-refractivity contribution is 0.0950. The number of nitrogens with one attached hydrogen (secondary N) is 1. The number of aromatic nitrogens is 1. The second-order valence-corrected chi connectivity index (χ2v) is 7.17. The molecule has 2 heterocycles. The summed E-state index contributed by atoms with van der Waals surface area (Å²) in [6.07, 6.45) is 5.53. The zero-order chi connectivity index (χ0) is 16.9. The summed E-state index contributed by atoms with van der Waals surface area (Å²) >= 11 is 9.36. The molecular formula is C18H19BrClN3O. The summed E-state index contributed by atoms with van der Waals surface area (Å²) in [4.78, 5) is 19.1. The van der Waals surface area contributed by atoms with Gasteiger partial charge in [0.05, 0.1) is 5.56 Å². The van der Waals surface area contributed by atoms with Crippen molar-refractivity contribution >= 4 is 39.3 Å². The number of carbonyl (C=O) groups is 1. The van der Waals surface area contributed by atoms with Crippen LogP contribution < -0.4 is 10.2 Å². The highest BCUT2D eigenvalue weighted by Gasteiger charge is 2.13. The van der Waals surface area contributed by atoms with Crippen LogP contribution in [-0.4, -0.2) is 24.0 Å². The molecule has 1 aromatic heterocycles. The third-order valence-electron chi connectivity index (χ3n) is 4.12. The molecule has 6 heteroatoms. The summed E-state index contributed by atoms with van der Waals surface area (Å²) in [5.74, 6) is 0.839. The van der Waals surface area contributed by atoms with Gasteiger partial charge in [-0.1, -0.05) is 11.6 Å². The number of hydrogen-bond donors (Lipinski definition) is 1. The summed E-state index contributed by atoms with van der Waals surface area (Å²) in [5, 5.41) is 3.48. The highest BCUT2D eigenvalue weighted by atomic mass is 79.9. The summed E-state index contributed by atoms with van der Waals surface area (Å²) in [6, 6.07) is 9.17. The van der Waals surface area contributed by atoms with Crippen LogP contribution >= 0.6 is 27.5 Å². The van der Waals surface area contributed by atoms with Gasteiger partial charge in [0.1, 0.15) is 5.82 Å². The lowest BCUT2D eigenvalue weighted by Gasteiger charge is -2.27. The summed E-state index contributed by atoms with van der Waals surface area (Å²) in [7, 11) is 0. The minimum Gasteiger partial charge on any atom is -0.357 e. The highest BCUT2D eigenvalue weighted by molar-refractivity contribution is 9.10. The highest BCUT2D eigenvalue weighted by Crippen LogP contribution is 2.22. The van der Waals surface area contributed by atoms with Gasteiger partial charge in [-0.05, 0) is 71.1 Å². The number of anilines is 1. The van der Waals surface area contributed by atoms with Gasteiger partial charge in [0.25, 0.3) is 5.91 Å². The standard InChI is InChI=1S/C18H19BrClN3O/c19-16-5-4-14(20)11-15(16)18(24)22-12-13-6-7-21-17(10-13)23-8-2-1-3-9-23/h4-7,10-11H,1-3,8-9,12H2,(H,22,24). The van der Waals surface area contributed by atoms with Gasteiger partial charge in [0.15, 0.2) is 0 Å². The van der Waals surface area contributed by atoms with Crippen LogP contribution in [0.4, 0.5) is 5.82 Å². The van der Waals surface area contributed by atoms with Crippen molar-refractivity contribution in [2.24, 2.45) is 0 Å². The van der Waals surface area contributed by atoms with E-state index in [0.29, 0.717) is 17.1 Å². The van der Waals surface area contributed by atoms with Gasteiger partial charge >= 0.3 is 0 Å². The zero-order valence-corrected chi connectivity index (χ0v) is 15.6. The molecule has 0 spiro atoms. The first-order valence-electron chi connectivity index (χ1n) is 8.06. The first kappa shape index (κ1) is 17.2. The van der Waals surface area contributed by atoms with Gasteiger partial charge in [0, 0.05) is 35.3 Å². The van der Waals surface area contributed by atoms with Crippen LogP contribution in [-0.2, 0) is 6.54 Å². The average molecular weight is 409 g/mol. The maximum absolute atomic E-state index is 12.4. The van der Waals surface area contributed by atoms with Gasteiger partial charge in [-0.15, -0.1) is 0 Å². The topological polar surface area (TPSA) is 45.2 Å². The molecule has 1 aliphatic rings. The molecule has 1 fully saturated rings. The minimum absolute atomic E-state index is 0.152. The third kappa shape index (κ3) is 4.28. The van der Waals surface area contributed by atoms with Crippen molar-refractivity contribution in [2.45, 2.75) is 25.8 Å². The van der Waals surface area contributed by atoms with E-state index >= 15 is 0 Å². The fourth-order valence-electron chi connectivity index (χ4n) is 2.82. The monoisotopic (exact) mass is 407 g/mol. The van der Waals surface area contributed by atoms with E-state index in [1.165, 1.54) is 19.3 Å². The van der Waals surface area contributed by atoms with Crippen molar-refractivity contribution in [1.82, 2.24) is 10.3 Å². The fraction of sp³-hybridized carbons (Fsp3) is 0.333. The molecule has 3 rings (SSSR count). The number of piperidine rings is 1. The number of benzene rings is 1. The lowest BCUT2D eigenvalue weighted by Crippen LogP contribution is -2.30. The van der Waals surface area contributed by atoms with Crippen LogP contribution in [0.5, 0.6) is 0 Å². The molecule has 4 nitrogen and oxygen atoms in total. The number of halogens is 2. The first-order chi connectivity index (χ1) is 11.6. The average Bonchev–Trinajstić information content (AvgIpc) is 2.63. The Bertz CT molecular complexity index is 732. The van der Waals surface area contributed by atoms with Crippen LogP contribution in [0.15, 0.2) is 41.0 Å². The molecule has 1 amide bonds. The number of carbonyl (C=O) groups excluding carboxylic acids is 1. The second kappa shape index (κ2) is 7.99. The Morgan fingerprint density at radius 1 is 1.21 bits per heavy atom. The quantitative estimate of drug-likeness (QED) is 0.814. The van der Waals surface area contributed by atoms with Crippen LogP contribution in [0.2, 0.25) is 5.02 Å². The van der Waals surface area contributed by atoms with E-state index in [4.69, 9.17) is 11.6 Å². The molecule has 24 heavy (non-hydrogen) atoms. The van der Waals surface area contributed by atoms with Crippen LogP contribution in [0, 0.1) is 0 Å². The van der Waals surface area contributed by atoms with Crippen LogP contribution in [0.1, 0.15) is 35.2 Å². The molecule has 0 atom stereocenters. The number of nitrogens with zero attached hydrogens (tertiary/aromatic N) is 2. The maximum Gasteiger partial charge on any atom is 0.252 e. The number of amides is 1. The van der Waals surface area contributed by atoms with E-state index in [-0.39, 0.29) is 5.91 Å². The predicted octanol–water partition coefficient (Wildman–Crippen LogP) is 4.42. The van der Waals surface area contributed by atoms with Gasteiger partial charge in [-0.3, -0.25) is 4.79 Å². The molecule has 0 bridgehead atoms. The molecule has 1 saturated heterocycles. The predicted molar refractivity (Wildman–Crippen MR) is 101 cm³/mol. The van der Waals surface area contributed by atoms with Gasteiger partial charge in [0.2, 0.25) is 0 Å². The number of rotatable bonds is 4. The van der Waals surface area contributed by atoms with Crippen LogP contribution in [0.25, 0.3) is 0 Å². The van der Waals surface area contributed by atoms with Crippen molar-refractivity contribution in [3.63, 3.8) is 0 Å². The molecule has 0 unspecified atom stereocenters. The lowest BCUT2D eigenvalue weighted by atomic mass is 10.1. The van der Waals surface area contributed by atoms with Gasteiger partial charge in [-0.2, -0.15) is 0 Å². The molecule has 0 saturated carbocycles. The van der Waals surface area contributed by atoms with Gasteiger partial charge in [-0.25, -0.2) is 4.98 Å². The summed E-state index contributed by atoms with van der Waals surface area (Å²) in [5.41, 5.74) is 1.57. The Labute approximate surface area is 155 Å². The Morgan fingerprint density at radius 2 is 2.00 bits per heavy atom. The largest absolute Gasteiger partial charge is 0.357 e.